The molecule has 10 heteroatoms. The van der Waals surface area contributed by atoms with Gasteiger partial charge in [-0.1, -0.05) is 22.6 Å². The number of carbonyl (C=O) groups is 1. The average Bonchev–Trinajstić information content (AvgIpc) is 3.54. The van der Waals surface area contributed by atoms with E-state index in [2.05, 4.69) is 20.7 Å². The highest BCUT2D eigenvalue weighted by Gasteiger charge is 2.12. The molecule has 1 N–H and O–H groups in total. The summed E-state index contributed by atoms with van der Waals surface area (Å²) in [7, 11) is 1.57. The first-order chi connectivity index (χ1) is 15.5. The summed E-state index contributed by atoms with van der Waals surface area (Å²) in [6.07, 6.45) is 3.13. The average molecular weight is 469 g/mol. The highest BCUT2D eigenvalue weighted by atomic mass is 32.1. The minimum Gasteiger partial charge on any atom is -0.493 e. The first kappa shape index (κ1) is 21.7. The molecule has 32 heavy (non-hydrogen) atoms. The molecule has 0 bridgehead atoms. The summed E-state index contributed by atoms with van der Waals surface area (Å²) in [4.78, 5) is 12.3. The normalized spacial score (nSPS) is 11.1. The number of nitrogens with one attached hydrogen (secondary N) is 1. The lowest BCUT2D eigenvalue weighted by molar-refractivity contribution is -0.111. The molecule has 1 amide bonds. The zero-order valence-corrected chi connectivity index (χ0v) is 19.3. The van der Waals surface area contributed by atoms with Crippen LogP contribution in [0, 0.1) is 13.8 Å². The molecule has 8 nitrogen and oxygen atoms in total. The summed E-state index contributed by atoms with van der Waals surface area (Å²) in [5.41, 5.74) is 3.49. The summed E-state index contributed by atoms with van der Waals surface area (Å²) >= 11 is 2.91. The highest BCUT2D eigenvalue weighted by molar-refractivity contribution is 7.19. The molecule has 0 radical (unpaired) electrons. The van der Waals surface area contributed by atoms with Gasteiger partial charge in [0.25, 0.3) is 0 Å². The Morgan fingerprint density at radius 1 is 1.22 bits per heavy atom. The van der Waals surface area contributed by atoms with Crippen LogP contribution < -0.4 is 14.8 Å². The van der Waals surface area contributed by atoms with Crippen molar-refractivity contribution in [3.05, 3.63) is 63.7 Å². The molecule has 3 aromatic heterocycles. The summed E-state index contributed by atoms with van der Waals surface area (Å²) in [5.74, 6) is 1.58. The lowest BCUT2D eigenvalue weighted by Gasteiger charge is -2.11. The fourth-order valence-electron chi connectivity index (χ4n) is 2.86. The van der Waals surface area contributed by atoms with Gasteiger partial charge in [-0.15, -0.1) is 10.2 Å². The Bertz CT molecular complexity index is 1230. The number of thiophene rings is 1. The number of nitrogens with zero attached hydrogens (tertiary/aromatic N) is 3. The molecule has 4 rings (SSSR count). The van der Waals surface area contributed by atoms with E-state index in [4.69, 9.17) is 14.0 Å². The van der Waals surface area contributed by atoms with E-state index in [0.717, 1.165) is 33.2 Å². The van der Waals surface area contributed by atoms with Crippen molar-refractivity contribution in [1.82, 2.24) is 15.4 Å². The molecule has 0 atom stereocenters. The molecule has 3 heterocycles. The predicted octanol–water partition coefficient (Wildman–Crippen LogP) is 5.11. The summed E-state index contributed by atoms with van der Waals surface area (Å²) < 4.78 is 16.5. The van der Waals surface area contributed by atoms with Gasteiger partial charge in [-0.25, -0.2) is 0 Å². The Morgan fingerprint density at radius 3 is 2.81 bits per heavy atom. The number of hydrogen-bond donors (Lipinski definition) is 1. The number of rotatable bonds is 8. The third-order valence-electron chi connectivity index (χ3n) is 4.59. The Kier molecular flexibility index (Phi) is 6.62. The Balaban J connectivity index is 1.38. The number of benzene rings is 1. The van der Waals surface area contributed by atoms with Gasteiger partial charge in [-0.05, 0) is 49.1 Å². The Morgan fingerprint density at radius 2 is 2.09 bits per heavy atom. The van der Waals surface area contributed by atoms with Gasteiger partial charge in [-0.2, -0.15) is 11.3 Å². The molecule has 0 saturated carbocycles. The van der Waals surface area contributed by atoms with Crippen LogP contribution in [0.25, 0.3) is 16.6 Å². The Labute approximate surface area is 192 Å². The molecule has 0 unspecified atom stereocenters. The number of methoxy groups -OCH3 is 1. The maximum atomic E-state index is 12.3. The van der Waals surface area contributed by atoms with Crippen LogP contribution in [0.1, 0.15) is 22.6 Å². The number of amides is 1. The number of carbonyl (C=O) groups excluding carboxylic acids is 1. The number of ether oxygens (including phenoxy) is 2. The number of anilines is 1. The molecule has 0 aliphatic carbocycles. The fraction of sp³-hybridized carbons (Fsp3) is 0.182. The van der Waals surface area contributed by atoms with Crippen molar-refractivity contribution >= 4 is 39.8 Å². The number of aromatic nitrogens is 3. The van der Waals surface area contributed by atoms with E-state index in [9.17, 15) is 4.79 Å². The first-order valence-electron chi connectivity index (χ1n) is 9.61. The summed E-state index contributed by atoms with van der Waals surface area (Å²) in [6.45, 7) is 4.04. The van der Waals surface area contributed by atoms with E-state index in [1.54, 1.807) is 36.7 Å². The zero-order chi connectivity index (χ0) is 22.5. The number of aryl methyl sites for hydroxylation is 2. The van der Waals surface area contributed by atoms with Crippen LogP contribution >= 0.6 is 22.7 Å². The molecular formula is C22H20N4O4S2. The van der Waals surface area contributed by atoms with Crippen molar-refractivity contribution in [3.8, 4) is 22.1 Å². The van der Waals surface area contributed by atoms with E-state index in [-0.39, 0.29) is 5.91 Å². The first-order valence-corrected chi connectivity index (χ1v) is 11.4. The molecular weight excluding hydrogens is 448 g/mol. The molecule has 164 valence electrons. The smallest absolute Gasteiger partial charge is 0.250 e. The van der Waals surface area contributed by atoms with Crippen LogP contribution in [0.3, 0.4) is 0 Å². The molecule has 0 saturated heterocycles. The second kappa shape index (κ2) is 9.75. The van der Waals surface area contributed by atoms with Crippen LogP contribution in [0.5, 0.6) is 11.5 Å². The van der Waals surface area contributed by atoms with Gasteiger partial charge < -0.3 is 14.0 Å². The van der Waals surface area contributed by atoms with Crippen LogP contribution in [0.2, 0.25) is 0 Å². The fourth-order valence-corrected chi connectivity index (χ4v) is 4.32. The Hall–Kier alpha value is -3.50. The van der Waals surface area contributed by atoms with Crippen LogP contribution in [0.15, 0.2) is 45.6 Å². The minimum absolute atomic E-state index is 0.296. The van der Waals surface area contributed by atoms with Crippen molar-refractivity contribution in [2.24, 2.45) is 0 Å². The van der Waals surface area contributed by atoms with Gasteiger partial charge in [0.15, 0.2) is 11.5 Å². The van der Waals surface area contributed by atoms with Gasteiger partial charge in [0.05, 0.1) is 18.4 Å². The van der Waals surface area contributed by atoms with E-state index >= 15 is 0 Å². The van der Waals surface area contributed by atoms with Crippen LogP contribution in [0.4, 0.5) is 5.13 Å². The predicted molar refractivity (Wildman–Crippen MR) is 124 cm³/mol. The van der Waals surface area contributed by atoms with Crippen molar-refractivity contribution in [2.45, 2.75) is 20.5 Å². The topological polar surface area (TPSA) is 99.4 Å². The maximum absolute atomic E-state index is 12.3. The van der Waals surface area contributed by atoms with Crippen molar-refractivity contribution in [1.29, 1.82) is 0 Å². The van der Waals surface area contributed by atoms with Crippen LogP contribution in [-0.4, -0.2) is 28.4 Å². The van der Waals surface area contributed by atoms with Gasteiger partial charge in [-0.3, -0.25) is 10.1 Å². The zero-order valence-electron chi connectivity index (χ0n) is 17.6. The van der Waals surface area contributed by atoms with Crippen LogP contribution in [-0.2, 0) is 11.4 Å². The maximum Gasteiger partial charge on any atom is 0.250 e. The van der Waals surface area contributed by atoms with E-state index in [1.165, 1.54) is 17.4 Å². The van der Waals surface area contributed by atoms with Crippen molar-refractivity contribution < 1.29 is 18.8 Å². The van der Waals surface area contributed by atoms with Crippen molar-refractivity contribution in [3.63, 3.8) is 0 Å². The summed E-state index contributed by atoms with van der Waals surface area (Å²) in [5, 5.41) is 20.0. The standard InChI is InChI=1S/C22H20N4O4S2/c1-13-17(14(2)30-26-13)11-29-18-6-4-15(10-19(18)28-3)5-7-20(27)23-22-25-24-21(32-22)16-8-9-31-12-16/h4-10,12H,11H2,1-3H3,(H,23,25,27)/b7-5+. The summed E-state index contributed by atoms with van der Waals surface area (Å²) in [6, 6.07) is 7.40. The second-order valence-electron chi connectivity index (χ2n) is 6.75. The van der Waals surface area contributed by atoms with Gasteiger partial charge in [0.2, 0.25) is 11.0 Å². The third kappa shape index (κ3) is 5.04. The second-order valence-corrected chi connectivity index (χ2v) is 8.51. The molecule has 0 spiro atoms. The monoisotopic (exact) mass is 468 g/mol. The largest absolute Gasteiger partial charge is 0.493 e. The van der Waals surface area contributed by atoms with Gasteiger partial charge in [0.1, 0.15) is 17.4 Å². The lowest BCUT2D eigenvalue weighted by Crippen LogP contribution is -2.07. The lowest BCUT2D eigenvalue weighted by atomic mass is 10.2. The highest BCUT2D eigenvalue weighted by Crippen LogP contribution is 2.30. The third-order valence-corrected chi connectivity index (χ3v) is 6.16. The molecule has 4 aromatic rings. The van der Waals surface area contributed by atoms with Gasteiger partial charge in [0, 0.05) is 17.0 Å². The SMILES string of the molecule is COc1cc(/C=C/C(=O)Nc2nnc(-c3ccsc3)s2)ccc1OCc1c(C)noc1C. The number of hydrogen-bond acceptors (Lipinski definition) is 9. The molecule has 0 aliphatic rings. The van der Waals surface area contributed by atoms with E-state index in [0.29, 0.717) is 23.2 Å². The minimum atomic E-state index is -0.296. The van der Waals surface area contributed by atoms with Crippen molar-refractivity contribution in [2.75, 3.05) is 12.4 Å². The molecule has 0 fully saturated rings. The van der Waals surface area contributed by atoms with E-state index in [1.807, 2.05) is 36.7 Å². The van der Waals surface area contributed by atoms with E-state index < -0.39 is 0 Å². The van der Waals surface area contributed by atoms with Gasteiger partial charge >= 0.3 is 0 Å². The molecule has 1 aromatic carbocycles. The quantitative estimate of drug-likeness (QED) is 0.359. The molecule has 0 aliphatic heterocycles.